The molecular weight excluding hydrogens is 186 g/mol. The van der Waals surface area contributed by atoms with Gasteiger partial charge in [0.2, 0.25) is 0 Å². The molecule has 0 atom stereocenters. The third-order valence-electron chi connectivity index (χ3n) is 3.02. The smallest absolute Gasteiger partial charge is 0.115 e. The predicted molar refractivity (Wildman–Crippen MR) is 61.9 cm³/mol. The molecule has 1 saturated heterocycles. The third kappa shape index (κ3) is 3.24. The molecule has 2 heteroatoms. The van der Waals surface area contributed by atoms with Gasteiger partial charge in [0.15, 0.2) is 0 Å². The second kappa shape index (κ2) is 5.17. The highest BCUT2D eigenvalue weighted by atomic mass is 16.3. The first-order valence-electron chi connectivity index (χ1n) is 5.85. The standard InChI is InChI=1S/C13H19NO/c15-13-7-5-6-12(10-13)11-14-8-3-1-2-4-9-14/h5-7,10,15H,1-4,8-9,11H2. The van der Waals surface area contributed by atoms with Crippen LogP contribution >= 0.6 is 0 Å². The number of phenolic OH excluding ortho intramolecular Hbond substituents is 1. The average Bonchev–Trinajstić information content (AvgIpc) is 2.46. The molecule has 2 rings (SSSR count). The molecule has 0 aromatic heterocycles. The zero-order valence-corrected chi connectivity index (χ0v) is 9.15. The Morgan fingerprint density at radius 2 is 1.80 bits per heavy atom. The molecule has 1 aromatic rings. The van der Waals surface area contributed by atoms with Gasteiger partial charge in [-0.05, 0) is 43.6 Å². The number of hydrogen-bond donors (Lipinski definition) is 1. The zero-order valence-electron chi connectivity index (χ0n) is 9.15. The summed E-state index contributed by atoms with van der Waals surface area (Å²) < 4.78 is 0. The van der Waals surface area contributed by atoms with Crippen LogP contribution in [-0.4, -0.2) is 23.1 Å². The van der Waals surface area contributed by atoms with E-state index in [0.29, 0.717) is 5.75 Å². The highest BCUT2D eigenvalue weighted by molar-refractivity contribution is 5.26. The normalized spacial score (nSPS) is 18.7. The number of hydrogen-bond acceptors (Lipinski definition) is 2. The summed E-state index contributed by atoms with van der Waals surface area (Å²) in [7, 11) is 0. The van der Waals surface area contributed by atoms with Gasteiger partial charge < -0.3 is 5.11 Å². The molecule has 0 spiro atoms. The van der Waals surface area contributed by atoms with E-state index in [1.54, 1.807) is 6.07 Å². The molecule has 15 heavy (non-hydrogen) atoms. The quantitative estimate of drug-likeness (QED) is 0.802. The van der Waals surface area contributed by atoms with Gasteiger partial charge in [0, 0.05) is 6.54 Å². The monoisotopic (exact) mass is 205 g/mol. The van der Waals surface area contributed by atoms with Crippen LogP contribution < -0.4 is 0 Å². The van der Waals surface area contributed by atoms with Crippen LogP contribution in [0.4, 0.5) is 0 Å². The molecule has 0 radical (unpaired) electrons. The van der Waals surface area contributed by atoms with Crippen LogP contribution in [0.25, 0.3) is 0 Å². The van der Waals surface area contributed by atoms with Crippen molar-refractivity contribution in [2.45, 2.75) is 32.2 Å². The molecule has 2 nitrogen and oxygen atoms in total. The zero-order chi connectivity index (χ0) is 10.5. The van der Waals surface area contributed by atoms with Gasteiger partial charge in [-0.3, -0.25) is 4.90 Å². The van der Waals surface area contributed by atoms with E-state index in [1.807, 2.05) is 12.1 Å². The first-order valence-corrected chi connectivity index (χ1v) is 5.85. The van der Waals surface area contributed by atoms with Gasteiger partial charge >= 0.3 is 0 Å². The second-order valence-corrected chi connectivity index (χ2v) is 4.36. The van der Waals surface area contributed by atoms with Gasteiger partial charge in [-0.25, -0.2) is 0 Å². The average molecular weight is 205 g/mol. The Kier molecular flexibility index (Phi) is 3.62. The van der Waals surface area contributed by atoms with Crippen LogP contribution in [0.5, 0.6) is 5.75 Å². The Hall–Kier alpha value is -1.02. The minimum atomic E-state index is 0.377. The van der Waals surface area contributed by atoms with Crippen molar-refractivity contribution in [2.75, 3.05) is 13.1 Å². The molecule has 0 aliphatic carbocycles. The van der Waals surface area contributed by atoms with E-state index >= 15 is 0 Å². The molecule has 82 valence electrons. The maximum atomic E-state index is 9.38. The van der Waals surface area contributed by atoms with Crippen molar-refractivity contribution >= 4 is 0 Å². The molecule has 0 bridgehead atoms. The Bertz CT molecular complexity index is 303. The van der Waals surface area contributed by atoms with Crippen molar-refractivity contribution < 1.29 is 5.11 Å². The van der Waals surface area contributed by atoms with E-state index in [4.69, 9.17) is 0 Å². The Morgan fingerprint density at radius 1 is 1.07 bits per heavy atom. The fourth-order valence-electron chi connectivity index (χ4n) is 2.21. The lowest BCUT2D eigenvalue weighted by atomic mass is 10.2. The minimum Gasteiger partial charge on any atom is -0.508 e. The summed E-state index contributed by atoms with van der Waals surface area (Å²) in [5, 5.41) is 9.38. The number of aromatic hydroxyl groups is 1. The van der Waals surface area contributed by atoms with Crippen molar-refractivity contribution in [1.29, 1.82) is 0 Å². The molecule has 0 saturated carbocycles. The summed E-state index contributed by atoms with van der Waals surface area (Å²) >= 11 is 0. The van der Waals surface area contributed by atoms with Crippen molar-refractivity contribution in [2.24, 2.45) is 0 Å². The number of phenols is 1. The van der Waals surface area contributed by atoms with Crippen LogP contribution in [0.15, 0.2) is 24.3 Å². The van der Waals surface area contributed by atoms with Crippen molar-refractivity contribution in [1.82, 2.24) is 4.90 Å². The lowest BCUT2D eigenvalue weighted by Gasteiger charge is -2.19. The maximum absolute atomic E-state index is 9.38. The van der Waals surface area contributed by atoms with Gasteiger partial charge in [-0.15, -0.1) is 0 Å². The van der Waals surface area contributed by atoms with E-state index in [1.165, 1.54) is 44.3 Å². The van der Waals surface area contributed by atoms with Crippen LogP contribution in [0.2, 0.25) is 0 Å². The van der Waals surface area contributed by atoms with E-state index < -0.39 is 0 Å². The summed E-state index contributed by atoms with van der Waals surface area (Å²) in [5.74, 6) is 0.377. The Labute approximate surface area is 91.5 Å². The summed E-state index contributed by atoms with van der Waals surface area (Å²) in [4.78, 5) is 2.49. The van der Waals surface area contributed by atoms with Crippen molar-refractivity contribution in [3.05, 3.63) is 29.8 Å². The lowest BCUT2D eigenvalue weighted by Crippen LogP contribution is -2.23. The first-order chi connectivity index (χ1) is 7.34. The van der Waals surface area contributed by atoms with Gasteiger partial charge in [0.25, 0.3) is 0 Å². The topological polar surface area (TPSA) is 23.5 Å². The van der Waals surface area contributed by atoms with Crippen LogP contribution in [0.3, 0.4) is 0 Å². The number of likely N-dealkylation sites (tertiary alicyclic amines) is 1. The van der Waals surface area contributed by atoms with E-state index in [0.717, 1.165) is 6.54 Å². The molecule has 0 unspecified atom stereocenters. The summed E-state index contributed by atoms with van der Waals surface area (Å²) in [5.41, 5.74) is 1.22. The summed E-state index contributed by atoms with van der Waals surface area (Å²) in [6.07, 6.45) is 5.38. The number of benzene rings is 1. The number of nitrogens with zero attached hydrogens (tertiary/aromatic N) is 1. The molecule has 1 fully saturated rings. The SMILES string of the molecule is Oc1cccc(CN2CCCCCC2)c1. The molecule has 1 aliphatic heterocycles. The predicted octanol–water partition coefficient (Wildman–Crippen LogP) is 2.77. The summed E-state index contributed by atoms with van der Waals surface area (Å²) in [6, 6.07) is 7.60. The highest BCUT2D eigenvalue weighted by Crippen LogP contribution is 2.16. The molecule has 1 aromatic carbocycles. The van der Waals surface area contributed by atoms with E-state index in [9.17, 15) is 5.11 Å². The fourth-order valence-corrected chi connectivity index (χ4v) is 2.21. The Morgan fingerprint density at radius 3 is 2.47 bits per heavy atom. The molecule has 1 N–H and O–H groups in total. The Balaban J connectivity index is 1.95. The van der Waals surface area contributed by atoms with Crippen molar-refractivity contribution in [3.8, 4) is 5.75 Å². The van der Waals surface area contributed by atoms with Crippen LogP contribution in [0, 0.1) is 0 Å². The molecule has 0 amide bonds. The van der Waals surface area contributed by atoms with E-state index in [-0.39, 0.29) is 0 Å². The highest BCUT2D eigenvalue weighted by Gasteiger charge is 2.09. The molecular formula is C13H19NO. The van der Waals surface area contributed by atoms with Gasteiger partial charge in [0.05, 0.1) is 0 Å². The van der Waals surface area contributed by atoms with Crippen molar-refractivity contribution in [3.63, 3.8) is 0 Å². The largest absolute Gasteiger partial charge is 0.508 e. The van der Waals surface area contributed by atoms with Gasteiger partial charge in [-0.2, -0.15) is 0 Å². The van der Waals surface area contributed by atoms with E-state index in [2.05, 4.69) is 11.0 Å². The van der Waals surface area contributed by atoms with Gasteiger partial charge in [-0.1, -0.05) is 25.0 Å². The minimum absolute atomic E-state index is 0.377. The summed E-state index contributed by atoms with van der Waals surface area (Å²) in [6.45, 7) is 3.39. The fraction of sp³-hybridized carbons (Fsp3) is 0.538. The van der Waals surface area contributed by atoms with Gasteiger partial charge in [0.1, 0.15) is 5.75 Å². The van der Waals surface area contributed by atoms with Crippen LogP contribution in [-0.2, 0) is 6.54 Å². The number of rotatable bonds is 2. The third-order valence-corrected chi connectivity index (χ3v) is 3.02. The maximum Gasteiger partial charge on any atom is 0.115 e. The molecule has 1 heterocycles. The molecule has 1 aliphatic rings. The van der Waals surface area contributed by atoms with Crippen LogP contribution in [0.1, 0.15) is 31.2 Å². The second-order valence-electron chi connectivity index (χ2n) is 4.36. The lowest BCUT2D eigenvalue weighted by molar-refractivity contribution is 0.276. The first kappa shape index (κ1) is 10.5.